The highest BCUT2D eigenvalue weighted by molar-refractivity contribution is 5.86. The lowest BCUT2D eigenvalue weighted by Gasteiger charge is -2.22. The topological polar surface area (TPSA) is 66.0 Å². The number of carbonyl (C=O) groups is 1. The highest BCUT2D eigenvalue weighted by atomic mass is 19.4. The monoisotopic (exact) mass is 402 g/mol. The Balaban J connectivity index is 3.06. The number of hydrogen-bond donors (Lipinski definition) is 2. The van der Waals surface area contributed by atoms with Gasteiger partial charge in [0.2, 0.25) is 5.91 Å². The Morgan fingerprint density at radius 3 is 2.32 bits per heavy atom. The van der Waals surface area contributed by atoms with Crippen molar-refractivity contribution in [1.82, 2.24) is 15.5 Å². The molecule has 158 valence electrons. The van der Waals surface area contributed by atoms with Crippen LogP contribution >= 0.6 is 0 Å². The van der Waals surface area contributed by atoms with Gasteiger partial charge in [-0.05, 0) is 45.4 Å². The molecule has 0 spiro atoms. The van der Waals surface area contributed by atoms with Gasteiger partial charge in [-0.3, -0.25) is 4.79 Å². The highest BCUT2D eigenvalue weighted by Gasteiger charge is 2.34. The van der Waals surface area contributed by atoms with E-state index in [4.69, 9.17) is 4.74 Å². The second-order valence-corrected chi connectivity index (χ2v) is 7.37. The van der Waals surface area contributed by atoms with Crippen molar-refractivity contribution in [2.45, 2.75) is 46.0 Å². The van der Waals surface area contributed by atoms with Crippen molar-refractivity contribution in [3.8, 4) is 5.75 Å². The van der Waals surface area contributed by atoms with Gasteiger partial charge in [0.15, 0.2) is 5.96 Å². The van der Waals surface area contributed by atoms with E-state index in [1.165, 1.54) is 17.0 Å². The van der Waals surface area contributed by atoms with Gasteiger partial charge in [0.25, 0.3) is 0 Å². The van der Waals surface area contributed by atoms with Gasteiger partial charge in [0, 0.05) is 20.6 Å². The molecule has 1 rings (SSSR count). The Bertz CT molecular complexity index is 695. The summed E-state index contributed by atoms with van der Waals surface area (Å²) in [5, 5.41) is 5.72. The minimum absolute atomic E-state index is 0.0106. The van der Waals surface area contributed by atoms with E-state index >= 15 is 0 Å². The Morgan fingerprint density at radius 1 is 1.18 bits per heavy atom. The Morgan fingerprint density at radius 2 is 1.82 bits per heavy atom. The Hall–Kier alpha value is -2.45. The molecule has 0 bridgehead atoms. The molecule has 0 saturated heterocycles. The lowest BCUT2D eigenvalue weighted by molar-refractivity contribution is -0.138. The highest BCUT2D eigenvalue weighted by Crippen LogP contribution is 2.35. The van der Waals surface area contributed by atoms with Gasteiger partial charge >= 0.3 is 6.18 Å². The number of amides is 1. The third kappa shape index (κ3) is 8.06. The van der Waals surface area contributed by atoms with Crippen LogP contribution in [-0.2, 0) is 17.5 Å². The molecule has 6 nitrogen and oxygen atoms in total. The van der Waals surface area contributed by atoms with Crippen LogP contribution in [0.1, 0.15) is 38.8 Å². The first-order valence-electron chi connectivity index (χ1n) is 8.95. The molecule has 0 fully saturated rings. The summed E-state index contributed by atoms with van der Waals surface area (Å²) in [6.45, 7) is 7.42. The van der Waals surface area contributed by atoms with Crippen LogP contribution in [0.2, 0.25) is 0 Å². The number of rotatable bonds is 6. The predicted molar refractivity (Wildman–Crippen MR) is 103 cm³/mol. The van der Waals surface area contributed by atoms with E-state index in [1.807, 2.05) is 6.92 Å². The molecule has 1 aromatic rings. The summed E-state index contributed by atoms with van der Waals surface area (Å²) < 4.78 is 46.0. The third-order valence-electron chi connectivity index (χ3n) is 3.47. The number of nitrogens with one attached hydrogen (secondary N) is 2. The fourth-order valence-corrected chi connectivity index (χ4v) is 2.20. The van der Waals surface area contributed by atoms with Crippen LogP contribution < -0.4 is 15.4 Å². The number of hydrogen-bond acceptors (Lipinski definition) is 3. The quantitative estimate of drug-likeness (QED) is 0.567. The average molecular weight is 402 g/mol. The largest absolute Gasteiger partial charge is 0.488 e. The van der Waals surface area contributed by atoms with Gasteiger partial charge in [-0.1, -0.05) is 6.07 Å². The van der Waals surface area contributed by atoms with Crippen LogP contribution in [0.3, 0.4) is 0 Å². The number of guanidine groups is 1. The minimum Gasteiger partial charge on any atom is -0.488 e. The average Bonchev–Trinajstić information content (AvgIpc) is 2.55. The molecular weight excluding hydrogens is 373 g/mol. The number of nitrogens with zero attached hydrogens (tertiary/aromatic N) is 2. The van der Waals surface area contributed by atoms with E-state index in [0.29, 0.717) is 6.54 Å². The number of aliphatic imine (C=N–C) groups is 1. The van der Waals surface area contributed by atoms with E-state index in [9.17, 15) is 18.0 Å². The van der Waals surface area contributed by atoms with Crippen LogP contribution in [0.5, 0.6) is 5.75 Å². The predicted octanol–water partition coefficient (Wildman–Crippen LogP) is 3.03. The zero-order chi connectivity index (χ0) is 21.5. The molecule has 0 aliphatic heterocycles. The molecule has 2 N–H and O–H groups in total. The van der Waals surface area contributed by atoms with Crippen molar-refractivity contribution >= 4 is 11.9 Å². The third-order valence-corrected chi connectivity index (χ3v) is 3.47. The number of alkyl halides is 3. The van der Waals surface area contributed by atoms with Crippen LogP contribution in [0.15, 0.2) is 23.2 Å². The standard InChI is InChI=1S/C19H29F3N4O2/c1-7-23-17(25-12-16(27)26(5)6)24-11-13-8-9-14(28-18(2,3)4)10-15(13)19(20,21)22/h8-10H,7,11-12H2,1-6H3,(H2,23,24,25). The number of carbonyl (C=O) groups excluding carboxylic acids is 1. The summed E-state index contributed by atoms with van der Waals surface area (Å²) in [4.78, 5) is 17.3. The molecule has 0 radical (unpaired) electrons. The second-order valence-electron chi connectivity index (χ2n) is 7.37. The fraction of sp³-hybridized carbons (Fsp3) is 0.579. The van der Waals surface area contributed by atoms with E-state index in [2.05, 4.69) is 15.6 Å². The molecule has 28 heavy (non-hydrogen) atoms. The van der Waals surface area contributed by atoms with Gasteiger partial charge in [-0.2, -0.15) is 13.2 Å². The first-order chi connectivity index (χ1) is 12.8. The van der Waals surface area contributed by atoms with E-state index < -0.39 is 17.3 Å². The van der Waals surface area contributed by atoms with Crippen molar-refractivity contribution in [1.29, 1.82) is 0 Å². The zero-order valence-electron chi connectivity index (χ0n) is 17.2. The molecule has 0 aromatic heterocycles. The zero-order valence-corrected chi connectivity index (χ0v) is 17.2. The maximum absolute atomic E-state index is 13.5. The van der Waals surface area contributed by atoms with Gasteiger partial charge in [0.05, 0.1) is 18.7 Å². The van der Waals surface area contributed by atoms with Gasteiger partial charge in [0.1, 0.15) is 11.4 Å². The molecule has 0 aliphatic carbocycles. The summed E-state index contributed by atoms with van der Waals surface area (Å²) in [5.74, 6) is 0.236. The molecular formula is C19H29F3N4O2. The van der Waals surface area contributed by atoms with Crippen molar-refractivity contribution in [2.75, 3.05) is 27.2 Å². The van der Waals surface area contributed by atoms with Gasteiger partial charge in [-0.15, -0.1) is 0 Å². The fourth-order valence-electron chi connectivity index (χ4n) is 2.20. The van der Waals surface area contributed by atoms with Crippen LogP contribution in [-0.4, -0.2) is 49.6 Å². The Labute approximate surface area is 164 Å². The minimum atomic E-state index is -4.53. The van der Waals surface area contributed by atoms with Gasteiger partial charge < -0.3 is 20.3 Å². The summed E-state index contributed by atoms with van der Waals surface area (Å²) in [6.07, 6.45) is -4.53. The molecule has 0 atom stereocenters. The number of benzene rings is 1. The van der Waals surface area contributed by atoms with E-state index in [1.54, 1.807) is 34.9 Å². The maximum atomic E-state index is 13.5. The molecule has 1 aromatic carbocycles. The first kappa shape index (κ1) is 23.6. The first-order valence-corrected chi connectivity index (χ1v) is 8.95. The molecule has 0 saturated carbocycles. The Kier molecular flexibility index (Phi) is 8.14. The lowest BCUT2D eigenvalue weighted by atomic mass is 10.1. The number of ether oxygens (including phenoxy) is 1. The smallest absolute Gasteiger partial charge is 0.416 e. The second kappa shape index (κ2) is 9.66. The number of likely N-dealkylation sites (N-methyl/N-ethyl adjacent to an activating group) is 1. The summed E-state index contributed by atoms with van der Waals surface area (Å²) >= 11 is 0. The molecule has 0 heterocycles. The van der Waals surface area contributed by atoms with E-state index in [0.717, 1.165) is 6.07 Å². The molecule has 9 heteroatoms. The SMILES string of the molecule is CCNC(=NCc1ccc(OC(C)(C)C)cc1C(F)(F)F)NCC(=O)N(C)C. The van der Waals surface area contributed by atoms with Gasteiger partial charge in [-0.25, -0.2) is 4.99 Å². The lowest BCUT2D eigenvalue weighted by Crippen LogP contribution is -2.42. The van der Waals surface area contributed by atoms with Crippen molar-refractivity contribution < 1.29 is 22.7 Å². The summed E-state index contributed by atoms with van der Waals surface area (Å²) in [5.41, 5.74) is -1.38. The normalized spacial score (nSPS) is 12.5. The van der Waals surface area contributed by atoms with Crippen LogP contribution in [0, 0.1) is 0 Å². The molecule has 0 unspecified atom stereocenters. The van der Waals surface area contributed by atoms with E-state index in [-0.39, 0.29) is 36.3 Å². The molecule has 0 aliphatic rings. The van der Waals surface area contributed by atoms with Crippen molar-refractivity contribution in [3.05, 3.63) is 29.3 Å². The maximum Gasteiger partial charge on any atom is 0.416 e. The van der Waals surface area contributed by atoms with Crippen LogP contribution in [0.25, 0.3) is 0 Å². The number of halogens is 3. The summed E-state index contributed by atoms with van der Waals surface area (Å²) in [7, 11) is 3.23. The summed E-state index contributed by atoms with van der Waals surface area (Å²) in [6, 6.07) is 3.86. The van der Waals surface area contributed by atoms with Crippen LogP contribution in [0.4, 0.5) is 13.2 Å². The van der Waals surface area contributed by atoms with Crippen molar-refractivity contribution in [3.63, 3.8) is 0 Å². The van der Waals surface area contributed by atoms with Crippen molar-refractivity contribution in [2.24, 2.45) is 4.99 Å². The molecule has 1 amide bonds.